The molecule has 2 amide bonds. The maximum Gasteiger partial charge on any atom is 0.251 e. The Bertz CT molecular complexity index is 582. The van der Waals surface area contributed by atoms with Gasteiger partial charge >= 0.3 is 0 Å². The smallest absolute Gasteiger partial charge is 0.251 e. The van der Waals surface area contributed by atoms with Crippen molar-refractivity contribution in [1.29, 1.82) is 0 Å². The van der Waals surface area contributed by atoms with Crippen molar-refractivity contribution in [2.75, 3.05) is 0 Å². The van der Waals surface area contributed by atoms with Crippen molar-refractivity contribution in [3.63, 3.8) is 0 Å². The highest BCUT2D eigenvalue weighted by Gasteiger charge is 2.40. The van der Waals surface area contributed by atoms with Crippen molar-refractivity contribution in [3.8, 4) is 0 Å². The summed E-state index contributed by atoms with van der Waals surface area (Å²) in [6.07, 6.45) is 5.49. The van der Waals surface area contributed by atoms with E-state index in [1.807, 2.05) is 18.2 Å². The van der Waals surface area contributed by atoms with Gasteiger partial charge in [-0.15, -0.1) is 12.4 Å². The van der Waals surface area contributed by atoms with E-state index in [4.69, 9.17) is 5.73 Å². The van der Waals surface area contributed by atoms with Gasteiger partial charge in [0.2, 0.25) is 5.91 Å². The molecule has 3 rings (SSSR count). The highest BCUT2D eigenvalue weighted by molar-refractivity contribution is 5.97. The van der Waals surface area contributed by atoms with Crippen molar-refractivity contribution in [2.45, 2.75) is 57.2 Å². The average Bonchev–Trinajstić information content (AvgIpc) is 2.56. The molecule has 138 valence electrons. The largest absolute Gasteiger partial charge is 0.351 e. The van der Waals surface area contributed by atoms with Crippen molar-refractivity contribution < 1.29 is 9.59 Å². The Morgan fingerprint density at radius 1 is 1.12 bits per heavy atom. The molecule has 2 bridgehead atoms. The molecule has 3 unspecified atom stereocenters. The second kappa shape index (κ2) is 8.68. The molecular weight excluding hydrogens is 338 g/mol. The van der Waals surface area contributed by atoms with Gasteiger partial charge in [-0.3, -0.25) is 9.59 Å². The summed E-state index contributed by atoms with van der Waals surface area (Å²) in [5, 5.41) is 5.97. The molecule has 0 saturated heterocycles. The molecule has 0 aliphatic heterocycles. The summed E-state index contributed by atoms with van der Waals surface area (Å²) in [6, 6.07) is 8.90. The van der Waals surface area contributed by atoms with Gasteiger partial charge < -0.3 is 16.4 Å². The Hall–Kier alpha value is -1.59. The summed E-state index contributed by atoms with van der Waals surface area (Å²) in [7, 11) is 0. The molecule has 0 spiro atoms. The third kappa shape index (κ3) is 4.73. The van der Waals surface area contributed by atoms with Gasteiger partial charge in [0.15, 0.2) is 0 Å². The zero-order chi connectivity index (χ0) is 17.1. The first-order valence-electron chi connectivity index (χ1n) is 8.96. The van der Waals surface area contributed by atoms with Crippen LogP contribution < -0.4 is 16.4 Å². The summed E-state index contributed by atoms with van der Waals surface area (Å²) >= 11 is 0. The van der Waals surface area contributed by atoms with Crippen LogP contribution in [0.1, 0.15) is 49.4 Å². The van der Waals surface area contributed by atoms with Crippen molar-refractivity contribution in [2.24, 2.45) is 17.6 Å². The molecule has 0 aromatic heterocycles. The fourth-order valence-electron chi connectivity index (χ4n) is 4.25. The highest BCUT2D eigenvalue weighted by atomic mass is 35.5. The van der Waals surface area contributed by atoms with E-state index in [1.165, 1.54) is 6.42 Å². The van der Waals surface area contributed by atoms with Crippen LogP contribution in [0.4, 0.5) is 0 Å². The van der Waals surface area contributed by atoms with E-state index in [0.717, 1.165) is 25.7 Å². The Labute approximate surface area is 155 Å². The number of fused-ring (bicyclic) bond motifs is 2. The lowest BCUT2D eigenvalue weighted by Gasteiger charge is -2.45. The second-order valence-electron chi connectivity index (χ2n) is 7.28. The minimum absolute atomic E-state index is 0. The predicted molar refractivity (Wildman–Crippen MR) is 101 cm³/mol. The maximum atomic E-state index is 12.5. The van der Waals surface area contributed by atoms with Gasteiger partial charge in [-0.25, -0.2) is 0 Å². The zero-order valence-electron chi connectivity index (χ0n) is 14.6. The highest BCUT2D eigenvalue weighted by Crippen LogP contribution is 2.39. The first-order chi connectivity index (χ1) is 11.5. The first kappa shape index (κ1) is 19.7. The molecule has 6 heteroatoms. The number of halogens is 1. The van der Waals surface area contributed by atoms with E-state index in [2.05, 4.69) is 10.6 Å². The molecule has 5 nitrogen and oxygen atoms in total. The van der Waals surface area contributed by atoms with Gasteiger partial charge in [0.1, 0.15) is 6.04 Å². The van der Waals surface area contributed by atoms with Gasteiger partial charge in [0.05, 0.1) is 0 Å². The normalized spacial score (nSPS) is 29.0. The Morgan fingerprint density at radius 2 is 1.72 bits per heavy atom. The van der Waals surface area contributed by atoms with E-state index in [-0.39, 0.29) is 36.3 Å². The maximum absolute atomic E-state index is 12.5. The van der Waals surface area contributed by atoms with Crippen molar-refractivity contribution in [1.82, 2.24) is 10.6 Å². The molecule has 4 N–H and O–H groups in total. The van der Waals surface area contributed by atoms with Gasteiger partial charge in [-0.05, 0) is 56.6 Å². The molecule has 1 aromatic carbocycles. The van der Waals surface area contributed by atoms with Crippen LogP contribution in [-0.4, -0.2) is 29.9 Å². The molecule has 2 aliphatic rings. The van der Waals surface area contributed by atoms with Gasteiger partial charge in [0, 0.05) is 17.6 Å². The van der Waals surface area contributed by atoms with Crippen LogP contribution in [0.25, 0.3) is 0 Å². The molecule has 1 aromatic rings. The minimum Gasteiger partial charge on any atom is -0.351 e. The monoisotopic (exact) mass is 365 g/mol. The number of nitrogens with one attached hydrogen (secondary N) is 2. The quantitative estimate of drug-likeness (QED) is 0.765. The Morgan fingerprint density at radius 3 is 2.32 bits per heavy atom. The van der Waals surface area contributed by atoms with E-state index in [9.17, 15) is 9.59 Å². The van der Waals surface area contributed by atoms with E-state index < -0.39 is 6.04 Å². The lowest BCUT2D eigenvalue weighted by Crippen LogP contribution is -2.57. The van der Waals surface area contributed by atoms with Crippen LogP contribution in [-0.2, 0) is 4.79 Å². The Kier molecular flexibility index (Phi) is 6.85. The number of hydrogen-bond donors (Lipinski definition) is 3. The number of amides is 2. The predicted octanol–water partition coefficient (Wildman–Crippen LogP) is 2.25. The van der Waals surface area contributed by atoms with Crippen LogP contribution in [0.2, 0.25) is 0 Å². The van der Waals surface area contributed by atoms with Crippen LogP contribution in [0.15, 0.2) is 30.3 Å². The fourth-order valence-corrected chi connectivity index (χ4v) is 4.25. The van der Waals surface area contributed by atoms with Crippen molar-refractivity contribution >= 4 is 24.2 Å². The number of carbonyl (C=O) groups excluding carboxylic acids is 2. The van der Waals surface area contributed by atoms with E-state index in [1.54, 1.807) is 19.1 Å². The van der Waals surface area contributed by atoms with Crippen LogP contribution >= 0.6 is 12.4 Å². The molecule has 2 aliphatic carbocycles. The molecular formula is C19H28ClN3O2. The lowest BCUT2D eigenvalue weighted by atomic mass is 9.67. The number of benzene rings is 1. The summed E-state index contributed by atoms with van der Waals surface area (Å²) in [5.41, 5.74) is 6.71. The average molecular weight is 366 g/mol. The third-order valence-electron chi connectivity index (χ3n) is 5.46. The van der Waals surface area contributed by atoms with Gasteiger partial charge in [0.25, 0.3) is 5.91 Å². The van der Waals surface area contributed by atoms with Crippen LogP contribution in [0.3, 0.4) is 0 Å². The molecule has 25 heavy (non-hydrogen) atoms. The summed E-state index contributed by atoms with van der Waals surface area (Å²) < 4.78 is 0. The topological polar surface area (TPSA) is 84.2 Å². The lowest BCUT2D eigenvalue weighted by molar-refractivity contribution is -0.124. The van der Waals surface area contributed by atoms with E-state index in [0.29, 0.717) is 17.4 Å². The molecule has 2 fully saturated rings. The minimum atomic E-state index is -0.547. The zero-order valence-corrected chi connectivity index (χ0v) is 15.4. The first-order valence-corrected chi connectivity index (χ1v) is 8.96. The van der Waals surface area contributed by atoms with Gasteiger partial charge in [-0.1, -0.05) is 24.6 Å². The second-order valence-corrected chi connectivity index (χ2v) is 7.28. The molecule has 2 saturated carbocycles. The summed E-state index contributed by atoms with van der Waals surface area (Å²) in [6.45, 7) is 1.74. The Balaban J connectivity index is 0.00000225. The standard InChI is InChI=1S/C19H27N3O2.ClH/c1-12(21-19(24)13-6-3-2-4-7-13)18(23)22-17-14-8-5-9-15(17)11-16(20)10-14;/h2-4,6-7,12,14-17H,5,8-11,20H2,1H3,(H,21,24)(H,22,23);1H. The van der Waals surface area contributed by atoms with Gasteiger partial charge in [-0.2, -0.15) is 0 Å². The number of nitrogens with two attached hydrogens (primary N) is 1. The fraction of sp³-hybridized carbons (Fsp3) is 0.579. The summed E-state index contributed by atoms with van der Waals surface area (Å²) in [4.78, 5) is 24.7. The van der Waals surface area contributed by atoms with Crippen LogP contribution in [0, 0.1) is 11.8 Å². The molecule has 0 radical (unpaired) electrons. The van der Waals surface area contributed by atoms with Crippen LogP contribution in [0.5, 0.6) is 0 Å². The third-order valence-corrected chi connectivity index (χ3v) is 5.46. The number of carbonyl (C=O) groups is 2. The number of rotatable bonds is 4. The molecule has 0 heterocycles. The summed E-state index contributed by atoms with van der Waals surface area (Å²) in [5.74, 6) is 0.641. The SMILES string of the molecule is CC(NC(=O)c1ccccc1)C(=O)NC1C2CCCC1CC(N)C2.Cl. The van der Waals surface area contributed by atoms with E-state index >= 15 is 0 Å². The molecule has 3 atom stereocenters. The van der Waals surface area contributed by atoms with Crippen molar-refractivity contribution in [3.05, 3.63) is 35.9 Å². The number of hydrogen-bond acceptors (Lipinski definition) is 3.